The molecular formula is C27H34N8O4. The predicted molar refractivity (Wildman–Crippen MR) is 146 cm³/mol. The van der Waals surface area contributed by atoms with Crippen molar-refractivity contribution in [1.82, 2.24) is 30.0 Å². The second-order valence-corrected chi connectivity index (χ2v) is 10.3. The van der Waals surface area contributed by atoms with Crippen molar-refractivity contribution in [3.8, 4) is 11.4 Å². The van der Waals surface area contributed by atoms with Gasteiger partial charge in [-0.05, 0) is 56.9 Å². The van der Waals surface area contributed by atoms with Gasteiger partial charge >= 0.3 is 12.1 Å². The number of rotatable bonds is 5. The van der Waals surface area contributed by atoms with Gasteiger partial charge < -0.3 is 29.9 Å². The summed E-state index contributed by atoms with van der Waals surface area (Å²) in [7, 11) is 1.41. The molecule has 0 radical (unpaired) electrons. The number of morpholine rings is 1. The number of carbonyl (C=O) groups excluding carboxylic acids is 2. The van der Waals surface area contributed by atoms with Gasteiger partial charge in [-0.25, -0.2) is 24.2 Å². The van der Waals surface area contributed by atoms with E-state index in [9.17, 15) is 9.59 Å². The van der Waals surface area contributed by atoms with Gasteiger partial charge in [-0.15, -0.1) is 0 Å². The van der Waals surface area contributed by atoms with Crippen LogP contribution in [0.15, 0.2) is 30.5 Å². The maximum atomic E-state index is 12.0. The number of methoxy groups -OCH3 is 1. The second-order valence-electron chi connectivity index (χ2n) is 10.3. The van der Waals surface area contributed by atoms with Crippen LogP contribution in [0.2, 0.25) is 0 Å². The predicted octanol–water partition coefficient (Wildman–Crippen LogP) is 3.41. The standard InChI is InChI=1S/C27H34N8O4/c1-3-28-26(36)30-18-6-4-17(5-7-18)23-31-24(34-20-8-9-21(34)16-39-15-20)22-14-29-35(25(22)32-23)19-10-12-33(13-11-19)27(37)38-2/h4-7,14,19-21H,3,8-13,15-16H2,1-2H3,(H2,28,30,36)/t20-,21+. The molecule has 39 heavy (non-hydrogen) atoms. The van der Waals surface area contributed by atoms with Gasteiger partial charge in [-0.3, -0.25) is 0 Å². The van der Waals surface area contributed by atoms with Gasteiger partial charge in [0.1, 0.15) is 5.82 Å². The average molecular weight is 535 g/mol. The average Bonchev–Trinajstić information content (AvgIpc) is 3.50. The van der Waals surface area contributed by atoms with E-state index in [1.165, 1.54) is 7.11 Å². The Hall–Kier alpha value is -3.93. The summed E-state index contributed by atoms with van der Waals surface area (Å²) in [5.41, 5.74) is 2.34. The normalized spacial score (nSPS) is 21.3. The molecule has 6 rings (SSSR count). The quantitative estimate of drug-likeness (QED) is 0.510. The smallest absolute Gasteiger partial charge is 0.409 e. The van der Waals surface area contributed by atoms with Crippen LogP contribution in [0, 0.1) is 0 Å². The van der Waals surface area contributed by atoms with Crippen molar-refractivity contribution in [2.45, 2.75) is 50.7 Å². The first kappa shape index (κ1) is 25.4. The maximum Gasteiger partial charge on any atom is 0.409 e. The number of ether oxygens (including phenoxy) is 2. The zero-order chi connectivity index (χ0) is 26.9. The Labute approximate surface area is 226 Å². The molecule has 2 bridgehead atoms. The van der Waals surface area contributed by atoms with Crippen molar-refractivity contribution in [2.24, 2.45) is 0 Å². The van der Waals surface area contributed by atoms with Crippen LogP contribution in [0.3, 0.4) is 0 Å². The number of urea groups is 1. The van der Waals surface area contributed by atoms with Crippen molar-refractivity contribution < 1.29 is 19.1 Å². The van der Waals surface area contributed by atoms with Crippen LogP contribution in [-0.4, -0.2) is 88.8 Å². The lowest BCUT2D eigenvalue weighted by Crippen LogP contribution is -2.46. The summed E-state index contributed by atoms with van der Waals surface area (Å²) in [6, 6.07) is 8.01. The zero-order valence-electron chi connectivity index (χ0n) is 22.3. The summed E-state index contributed by atoms with van der Waals surface area (Å²) < 4.78 is 12.8. The first-order valence-corrected chi connectivity index (χ1v) is 13.6. The number of fused-ring (bicyclic) bond motifs is 3. The minimum Gasteiger partial charge on any atom is -0.453 e. The maximum absolute atomic E-state index is 12.0. The number of nitrogens with zero attached hydrogens (tertiary/aromatic N) is 6. The molecule has 0 saturated carbocycles. The number of likely N-dealkylation sites (tertiary alicyclic amines) is 1. The van der Waals surface area contributed by atoms with Gasteiger partial charge in [0.15, 0.2) is 11.5 Å². The van der Waals surface area contributed by atoms with Crippen molar-refractivity contribution in [3.63, 3.8) is 0 Å². The molecule has 0 spiro atoms. The number of amides is 3. The molecule has 0 aliphatic carbocycles. The van der Waals surface area contributed by atoms with Crippen molar-refractivity contribution in [3.05, 3.63) is 30.5 Å². The lowest BCUT2D eigenvalue weighted by atomic mass is 10.1. The molecule has 1 aromatic carbocycles. The Morgan fingerprint density at radius 3 is 2.41 bits per heavy atom. The van der Waals surface area contributed by atoms with Crippen LogP contribution in [0.4, 0.5) is 21.1 Å². The number of hydrogen-bond acceptors (Lipinski definition) is 8. The molecule has 2 N–H and O–H groups in total. The molecule has 3 saturated heterocycles. The van der Waals surface area contributed by atoms with Gasteiger partial charge in [-0.1, -0.05) is 0 Å². The number of nitrogens with one attached hydrogen (secondary N) is 2. The van der Waals surface area contributed by atoms with Gasteiger partial charge in [0, 0.05) is 30.9 Å². The lowest BCUT2D eigenvalue weighted by molar-refractivity contribution is 0.0904. The third kappa shape index (κ3) is 4.84. The topological polar surface area (TPSA) is 127 Å². The highest BCUT2D eigenvalue weighted by Crippen LogP contribution is 2.38. The highest BCUT2D eigenvalue weighted by atomic mass is 16.5. The second kappa shape index (κ2) is 10.7. The fourth-order valence-corrected chi connectivity index (χ4v) is 5.94. The fourth-order valence-electron chi connectivity index (χ4n) is 5.94. The Kier molecular flexibility index (Phi) is 6.94. The van der Waals surface area contributed by atoms with E-state index in [0.717, 1.165) is 48.1 Å². The van der Waals surface area contributed by atoms with E-state index in [-0.39, 0.29) is 30.2 Å². The molecule has 2 aromatic heterocycles. The highest BCUT2D eigenvalue weighted by molar-refractivity contribution is 5.91. The number of piperidine rings is 1. The van der Waals surface area contributed by atoms with Crippen molar-refractivity contribution >= 4 is 34.7 Å². The van der Waals surface area contributed by atoms with Gasteiger partial charge in [0.2, 0.25) is 0 Å². The molecular weight excluding hydrogens is 500 g/mol. The monoisotopic (exact) mass is 534 g/mol. The van der Waals surface area contributed by atoms with Crippen molar-refractivity contribution in [2.75, 3.05) is 50.2 Å². The molecule has 3 aliphatic rings. The Balaban J connectivity index is 1.37. The van der Waals surface area contributed by atoms with Gasteiger partial charge in [0.25, 0.3) is 0 Å². The number of benzene rings is 1. The Morgan fingerprint density at radius 2 is 1.74 bits per heavy atom. The largest absolute Gasteiger partial charge is 0.453 e. The van der Waals surface area contributed by atoms with Crippen LogP contribution in [0.5, 0.6) is 0 Å². The minimum absolute atomic E-state index is 0.115. The van der Waals surface area contributed by atoms with Crippen molar-refractivity contribution in [1.29, 1.82) is 0 Å². The van der Waals surface area contributed by atoms with Crippen LogP contribution in [0.25, 0.3) is 22.4 Å². The molecule has 2 atom stereocenters. The van der Waals surface area contributed by atoms with E-state index in [1.807, 2.05) is 42.1 Å². The van der Waals surface area contributed by atoms with E-state index < -0.39 is 0 Å². The summed E-state index contributed by atoms with van der Waals surface area (Å²) in [6.45, 7) is 5.03. The van der Waals surface area contributed by atoms with E-state index in [1.54, 1.807) is 4.90 Å². The Morgan fingerprint density at radius 1 is 1.03 bits per heavy atom. The molecule has 3 aliphatic heterocycles. The number of carbonyl (C=O) groups is 2. The first-order valence-electron chi connectivity index (χ1n) is 13.6. The van der Waals surface area contributed by atoms with Crippen LogP contribution in [0.1, 0.15) is 38.6 Å². The highest BCUT2D eigenvalue weighted by Gasteiger charge is 2.40. The molecule has 3 amide bonds. The molecule has 206 valence electrons. The third-order valence-corrected chi connectivity index (χ3v) is 7.90. The summed E-state index contributed by atoms with van der Waals surface area (Å²) in [4.78, 5) is 38.2. The first-order chi connectivity index (χ1) is 19.1. The van der Waals surface area contributed by atoms with Gasteiger partial charge in [-0.2, -0.15) is 5.10 Å². The van der Waals surface area contributed by atoms with Crippen LogP contribution in [-0.2, 0) is 9.47 Å². The molecule has 12 nitrogen and oxygen atoms in total. The molecule has 3 aromatic rings. The van der Waals surface area contributed by atoms with Crippen LogP contribution < -0.4 is 15.5 Å². The zero-order valence-corrected chi connectivity index (χ0v) is 22.3. The molecule has 12 heteroatoms. The lowest BCUT2D eigenvalue weighted by Gasteiger charge is -2.36. The van der Waals surface area contributed by atoms with Gasteiger partial charge in [0.05, 0.1) is 50.0 Å². The summed E-state index contributed by atoms with van der Waals surface area (Å²) in [5.74, 6) is 1.51. The molecule has 0 unspecified atom stereocenters. The minimum atomic E-state index is -0.293. The van der Waals surface area contributed by atoms with E-state index in [0.29, 0.717) is 44.4 Å². The number of hydrogen-bond donors (Lipinski definition) is 2. The van der Waals surface area contributed by atoms with E-state index in [2.05, 4.69) is 15.5 Å². The summed E-state index contributed by atoms with van der Waals surface area (Å²) in [6.07, 6.45) is 5.28. The van der Waals surface area contributed by atoms with E-state index in [4.69, 9.17) is 24.5 Å². The Bertz CT molecular complexity index is 1340. The summed E-state index contributed by atoms with van der Waals surface area (Å²) >= 11 is 0. The summed E-state index contributed by atoms with van der Waals surface area (Å²) in [5, 5.41) is 11.3. The molecule has 5 heterocycles. The van der Waals surface area contributed by atoms with E-state index >= 15 is 0 Å². The fraction of sp³-hybridized carbons (Fsp3) is 0.519. The SMILES string of the molecule is CCNC(=O)Nc1ccc(-c2nc(N3[C@@H]4CC[C@H]3COC4)c3cnn(C4CCN(C(=O)OC)CC4)c3n2)cc1. The number of anilines is 2. The third-order valence-electron chi connectivity index (χ3n) is 7.90. The molecule has 3 fully saturated rings. The number of aromatic nitrogens is 4. The van der Waals surface area contributed by atoms with Crippen LogP contribution >= 0.6 is 0 Å².